The van der Waals surface area contributed by atoms with E-state index in [1.807, 2.05) is 0 Å². The van der Waals surface area contributed by atoms with E-state index < -0.39 is 30.6 Å². The highest BCUT2D eigenvalue weighted by atomic mass is 32.2. The Balaban J connectivity index is 1.81. The first-order valence-electron chi connectivity index (χ1n) is 8.17. The van der Waals surface area contributed by atoms with Gasteiger partial charge in [0.2, 0.25) is 0 Å². The van der Waals surface area contributed by atoms with Gasteiger partial charge >= 0.3 is 0 Å². The molecule has 146 valence electrons. The molecule has 3 aromatic rings. The van der Waals surface area contributed by atoms with Gasteiger partial charge in [0, 0.05) is 11.3 Å². The zero-order chi connectivity index (χ0) is 20.4. The van der Waals surface area contributed by atoms with Crippen molar-refractivity contribution in [2.45, 2.75) is 16.8 Å². The Bertz CT molecular complexity index is 1190. The summed E-state index contributed by atoms with van der Waals surface area (Å²) < 4.78 is 64.2. The van der Waals surface area contributed by atoms with Crippen LogP contribution in [0.15, 0.2) is 70.6 Å². The van der Waals surface area contributed by atoms with E-state index in [9.17, 15) is 21.2 Å². The van der Waals surface area contributed by atoms with Crippen LogP contribution in [-0.2, 0) is 19.9 Å². The fourth-order valence-electron chi connectivity index (χ4n) is 2.37. The van der Waals surface area contributed by atoms with Gasteiger partial charge in [-0.2, -0.15) is 0 Å². The average Bonchev–Trinajstić information content (AvgIpc) is 2.68. The molecule has 0 unspecified atom stereocenters. The maximum Gasteiger partial charge on any atom is 0.264 e. The molecule has 1 heterocycles. The summed E-state index contributed by atoms with van der Waals surface area (Å²) >= 11 is 0. The van der Waals surface area contributed by atoms with Crippen LogP contribution < -0.4 is 4.72 Å². The van der Waals surface area contributed by atoms with Crippen LogP contribution in [0.5, 0.6) is 0 Å². The maximum absolute atomic E-state index is 13.7. The van der Waals surface area contributed by atoms with E-state index in [0.29, 0.717) is 11.3 Å². The lowest BCUT2D eigenvalue weighted by Crippen LogP contribution is -2.14. The lowest BCUT2D eigenvalue weighted by Gasteiger charge is -2.09. The number of rotatable bonds is 6. The lowest BCUT2D eigenvalue weighted by atomic mass is 10.1. The van der Waals surface area contributed by atoms with E-state index in [0.717, 1.165) is 6.07 Å². The third kappa shape index (κ3) is 4.18. The summed E-state index contributed by atoms with van der Waals surface area (Å²) in [4.78, 5) is -0.447. The quantitative estimate of drug-likeness (QED) is 0.656. The minimum Gasteiger partial charge on any atom is -0.280 e. The number of sulfonamides is 1. The molecule has 0 fully saturated rings. The minimum atomic E-state index is -4.07. The van der Waals surface area contributed by atoms with Crippen molar-refractivity contribution in [3.05, 3.63) is 66.5 Å². The summed E-state index contributed by atoms with van der Waals surface area (Å²) in [6.45, 7) is 1.52. The summed E-state index contributed by atoms with van der Waals surface area (Å²) in [7, 11) is -7.50. The fraction of sp³-hybridized carbons (Fsp3) is 0.111. The first kappa shape index (κ1) is 19.9. The topological polar surface area (TPSA) is 106 Å². The van der Waals surface area contributed by atoms with E-state index in [1.165, 1.54) is 49.4 Å². The summed E-state index contributed by atoms with van der Waals surface area (Å²) in [5.41, 5.74) is 1.28. The van der Waals surface area contributed by atoms with Gasteiger partial charge in [-0.3, -0.25) is 4.72 Å². The van der Waals surface area contributed by atoms with Gasteiger partial charge < -0.3 is 0 Å². The van der Waals surface area contributed by atoms with Crippen LogP contribution in [0.25, 0.3) is 11.3 Å². The third-order valence-electron chi connectivity index (χ3n) is 3.90. The SMILES string of the molecule is CCS(=O)(=O)c1ccc(-c2ccc(NS(=O)(=O)c3ccccc3F)cc2)nn1. The van der Waals surface area contributed by atoms with E-state index in [-0.39, 0.29) is 16.5 Å². The van der Waals surface area contributed by atoms with Gasteiger partial charge in [0.05, 0.1) is 11.4 Å². The van der Waals surface area contributed by atoms with Crippen molar-refractivity contribution in [1.29, 1.82) is 0 Å². The molecule has 0 bridgehead atoms. The second-order valence-corrected chi connectivity index (χ2v) is 9.65. The first-order valence-corrected chi connectivity index (χ1v) is 11.3. The van der Waals surface area contributed by atoms with Crippen molar-refractivity contribution < 1.29 is 21.2 Å². The number of aromatic nitrogens is 2. The molecule has 0 spiro atoms. The van der Waals surface area contributed by atoms with Crippen LogP contribution in [-0.4, -0.2) is 32.8 Å². The molecular formula is C18H16FN3O4S2. The molecule has 10 heteroatoms. The molecule has 0 radical (unpaired) electrons. The van der Waals surface area contributed by atoms with Gasteiger partial charge in [0.15, 0.2) is 14.9 Å². The minimum absolute atomic E-state index is 0.0716. The predicted molar refractivity (Wildman–Crippen MR) is 102 cm³/mol. The Hall–Kier alpha value is -2.85. The van der Waals surface area contributed by atoms with Gasteiger partial charge in [-0.05, 0) is 36.4 Å². The molecule has 0 saturated carbocycles. The Labute approximate surface area is 162 Å². The molecule has 1 aromatic heterocycles. The van der Waals surface area contributed by atoms with Crippen molar-refractivity contribution in [2.24, 2.45) is 0 Å². The van der Waals surface area contributed by atoms with E-state index >= 15 is 0 Å². The number of halogens is 1. The Kier molecular flexibility index (Phi) is 5.43. The molecule has 2 aromatic carbocycles. The normalized spacial score (nSPS) is 11.9. The van der Waals surface area contributed by atoms with Crippen molar-refractivity contribution in [1.82, 2.24) is 10.2 Å². The molecular weight excluding hydrogens is 405 g/mol. The van der Waals surface area contributed by atoms with Gasteiger partial charge in [-0.1, -0.05) is 31.2 Å². The molecule has 0 aliphatic carbocycles. The molecule has 3 rings (SSSR count). The highest BCUT2D eigenvalue weighted by Crippen LogP contribution is 2.23. The number of hydrogen-bond acceptors (Lipinski definition) is 6. The van der Waals surface area contributed by atoms with Crippen LogP contribution in [0.1, 0.15) is 6.92 Å². The second-order valence-electron chi connectivity index (χ2n) is 5.77. The van der Waals surface area contributed by atoms with Gasteiger partial charge in [-0.25, -0.2) is 21.2 Å². The lowest BCUT2D eigenvalue weighted by molar-refractivity contribution is 0.570. The Morgan fingerprint density at radius 1 is 0.893 bits per heavy atom. The number of sulfone groups is 1. The molecule has 0 aliphatic heterocycles. The summed E-state index contributed by atoms with van der Waals surface area (Å²) in [5, 5.41) is 7.54. The van der Waals surface area contributed by atoms with Crippen LogP contribution >= 0.6 is 0 Å². The molecule has 0 aliphatic rings. The standard InChI is InChI=1S/C18H16FN3O4S2/c1-2-27(23,24)18-12-11-16(20-21-18)13-7-9-14(10-8-13)22-28(25,26)17-6-4-3-5-15(17)19/h3-12,22H,2H2,1H3. The van der Waals surface area contributed by atoms with E-state index in [4.69, 9.17) is 0 Å². The number of hydrogen-bond donors (Lipinski definition) is 1. The molecule has 7 nitrogen and oxygen atoms in total. The summed E-state index contributed by atoms with van der Waals surface area (Å²) in [6.07, 6.45) is 0. The van der Waals surface area contributed by atoms with Gasteiger partial charge in [0.25, 0.3) is 10.0 Å². The smallest absolute Gasteiger partial charge is 0.264 e. The Morgan fingerprint density at radius 2 is 1.57 bits per heavy atom. The highest BCUT2D eigenvalue weighted by molar-refractivity contribution is 7.92. The molecule has 1 N–H and O–H groups in total. The van der Waals surface area contributed by atoms with Crippen molar-refractivity contribution >= 4 is 25.5 Å². The largest absolute Gasteiger partial charge is 0.280 e. The zero-order valence-corrected chi connectivity index (χ0v) is 16.3. The van der Waals surface area contributed by atoms with Crippen molar-refractivity contribution in [3.8, 4) is 11.3 Å². The summed E-state index contributed by atoms with van der Waals surface area (Å²) in [5.74, 6) is -0.915. The number of nitrogens with zero attached hydrogens (tertiary/aromatic N) is 2. The molecule has 0 saturated heterocycles. The first-order chi connectivity index (χ1) is 13.2. The predicted octanol–water partition coefficient (Wildman–Crippen LogP) is 2.88. The maximum atomic E-state index is 13.7. The highest BCUT2D eigenvalue weighted by Gasteiger charge is 2.18. The third-order valence-corrected chi connectivity index (χ3v) is 6.93. The van der Waals surface area contributed by atoms with Crippen molar-refractivity contribution in [2.75, 3.05) is 10.5 Å². The molecule has 28 heavy (non-hydrogen) atoms. The van der Waals surface area contributed by atoms with Crippen molar-refractivity contribution in [3.63, 3.8) is 0 Å². The molecule has 0 amide bonds. The van der Waals surface area contributed by atoms with Gasteiger partial charge in [0.1, 0.15) is 10.7 Å². The average molecular weight is 421 g/mol. The van der Waals surface area contributed by atoms with Gasteiger partial charge in [-0.15, -0.1) is 10.2 Å². The number of anilines is 1. The fourth-order valence-corrected chi connectivity index (χ4v) is 4.24. The number of nitrogens with one attached hydrogen (secondary N) is 1. The Morgan fingerprint density at radius 3 is 2.14 bits per heavy atom. The van der Waals surface area contributed by atoms with Crippen LogP contribution in [0.4, 0.5) is 10.1 Å². The number of benzene rings is 2. The van der Waals surface area contributed by atoms with Crippen LogP contribution in [0.3, 0.4) is 0 Å². The summed E-state index contributed by atoms with van der Waals surface area (Å²) in [6, 6.07) is 14.1. The monoisotopic (exact) mass is 421 g/mol. The zero-order valence-electron chi connectivity index (χ0n) is 14.7. The molecule has 0 atom stereocenters. The van der Waals surface area contributed by atoms with E-state index in [2.05, 4.69) is 14.9 Å². The van der Waals surface area contributed by atoms with E-state index in [1.54, 1.807) is 12.1 Å². The second kappa shape index (κ2) is 7.64. The van der Waals surface area contributed by atoms with Crippen LogP contribution in [0, 0.1) is 5.82 Å². The van der Waals surface area contributed by atoms with Crippen LogP contribution in [0.2, 0.25) is 0 Å².